The summed E-state index contributed by atoms with van der Waals surface area (Å²) in [4.78, 5) is 10.6. The Morgan fingerprint density at radius 3 is 2.29 bits per heavy atom. The summed E-state index contributed by atoms with van der Waals surface area (Å²) < 4.78 is 5.30. The first kappa shape index (κ1) is 14.2. The highest BCUT2D eigenvalue weighted by molar-refractivity contribution is 6.28. The van der Waals surface area contributed by atoms with Crippen molar-refractivity contribution in [3.05, 3.63) is 16.5 Å². The molecular formula is C12H20ClN3O. The Kier molecular flexibility index (Phi) is 5.65. The Hall–Kier alpha value is -0.870. The second-order valence-corrected chi connectivity index (χ2v) is 3.96. The van der Waals surface area contributed by atoms with Crippen molar-refractivity contribution < 1.29 is 4.74 Å². The molecule has 1 aromatic rings. The molecule has 4 nitrogen and oxygen atoms in total. The van der Waals surface area contributed by atoms with E-state index < -0.39 is 0 Å². The SMILES string of the molecule is CC.Cc1nc(Cl)nc(N2CCOCC2)c1C. The summed E-state index contributed by atoms with van der Waals surface area (Å²) in [5, 5.41) is 0.319. The van der Waals surface area contributed by atoms with E-state index in [1.165, 1.54) is 0 Å². The quantitative estimate of drug-likeness (QED) is 0.725. The lowest BCUT2D eigenvalue weighted by Gasteiger charge is -2.29. The highest BCUT2D eigenvalue weighted by Crippen LogP contribution is 2.21. The second-order valence-electron chi connectivity index (χ2n) is 3.63. The van der Waals surface area contributed by atoms with Crippen molar-refractivity contribution in [2.45, 2.75) is 27.7 Å². The standard InChI is InChI=1S/C10H14ClN3O.C2H6/c1-7-8(2)12-10(11)13-9(7)14-3-5-15-6-4-14;1-2/h3-6H2,1-2H3;1-2H3. The second kappa shape index (κ2) is 6.77. The predicted molar refractivity (Wildman–Crippen MR) is 70.9 cm³/mol. The van der Waals surface area contributed by atoms with Gasteiger partial charge in [0.05, 0.1) is 13.2 Å². The van der Waals surface area contributed by atoms with E-state index in [1.807, 2.05) is 27.7 Å². The molecule has 0 amide bonds. The lowest BCUT2D eigenvalue weighted by Crippen LogP contribution is -2.37. The Bertz CT molecular complexity index is 365. The van der Waals surface area contributed by atoms with Gasteiger partial charge in [0, 0.05) is 24.3 Å². The van der Waals surface area contributed by atoms with E-state index in [2.05, 4.69) is 14.9 Å². The average molecular weight is 258 g/mol. The Labute approximate surface area is 108 Å². The van der Waals surface area contributed by atoms with Gasteiger partial charge >= 0.3 is 0 Å². The largest absolute Gasteiger partial charge is 0.378 e. The molecule has 2 heterocycles. The molecule has 5 heteroatoms. The van der Waals surface area contributed by atoms with Gasteiger partial charge in [-0.05, 0) is 25.4 Å². The lowest BCUT2D eigenvalue weighted by molar-refractivity contribution is 0.122. The van der Waals surface area contributed by atoms with E-state index >= 15 is 0 Å². The van der Waals surface area contributed by atoms with Crippen molar-refractivity contribution in [1.82, 2.24) is 9.97 Å². The third-order valence-electron chi connectivity index (χ3n) is 2.65. The van der Waals surface area contributed by atoms with Crippen LogP contribution < -0.4 is 4.90 Å². The first-order chi connectivity index (χ1) is 8.18. The van der Waals surface area contributed by atoms with Crippen LogP contribution in [0.15, 0.2) is 0 Å². The van der Waals surface area contributed by atoms with E-state index in [4.69, 9.17) is 16.3 Å². The summed E-state index contributed by atoms with van der Waals surface area (Å²) in [7, 11) is 0. The van der Waals surface area contributed by atoms with Crippen LogP contribution in [-0.2, 0) is 4.74 Å². The normalized spacial score (nSPS) is 15.2. The van der Waals surface area contributed by atoms with Crippen LogP contribution in [0.1, 0.15) is 25.1 Å². The summed E-state index contributed by atoms with van der Waals surface area (Å²) in [6.07, 6.45) is 0. The predicted octanol–water partition coefficient (Wildman–Crippen LogP) is 2.61. The van der Waals surface area contributed by atoms with Crippen LogP contribution in [0.3, 0.4) is 0 Å². The van der Waals surface area contributed by atoms with Gasteiger partial charge in [0.1, 0.15) is 5.82 Å². The van der Waals surface area contributed by atoms with Crippen LogP contribution in [0.2, 0.25) is 5.28 Å². The Balaban J connectivity index is 0.000000686. The molecule has 1 saturated heterocycles. The maximum absolute atomic E-state index is 5.86. The van der Waals surface area contributed by atoms with Gasteiger partial charge in [-0.15, -0.1) is 0 Å². The van der Waals surface area contributed by atoms with Gasteiger partial charge in [-0.1, -0.05) is 13.8 Å². The molecule has 1 aliphatic rings. The fourth-order valence-corrected chi connectivity index (χ4v) is 1.87. The number of hydrogen-bond donors (Lipinski definition) is 0. The molecule has 0 unspecified atom stereocenters. The van der Waals surface area contributed by atoms with E-state index in [0.717, 1.165) is 43.4 Å². The monoisotopic (exact) mass is 257 g/mol. The molecule has 0 spiro atoms. The number of aromatic nitrogens is 2. The number of rotatable bonds is 1. The molecule has 0 radical (unpaired) electrons. The summed E-state index contributed by atoms with van der Waals surface area (Å²) in [5.74, 6) is 0.941. The molecule has 1 fully saturated rings. The number of nitrogens with zero attached hydrogens (tertiary/aromatic N) is 3. The highest BCUT2D eigenvalue weighted by Gasteiger charge is 2.16. The third-order valence-corrected chi connectivity index (χ3v) is 2.82. The topological polar surface area (TPSA) is 38.2 Å². The maximum Gasteiger partial charge on any atom is 0.224 e. The molecule has 17 heavy (non-hydrogen) atoms. The highest BCUT2D eigenvalue weighted by atomic mass is 35.5. The number of morpholine rings is 1. The molecule has 0 saturated carbocycles. The summed E-state index contributed by atoms with van der Waals surface area (Å²) in [5.41, 5.74) is 2.04. The van der Waals surface area contributed by atoms with Crippen LogP contribution >= 0.6 is 11.6 Å². The minimum atomic E-state index is 0.319. The number of halogens is 1. The van der Waals surface area contributed by atoms with Gasteiger partial charge in [-0.25, -0.2) is 9.97 Å². The van der Waals surface area contributed by atoms with Crippen molar-refractivity contribution >= 4 is 17.4 Å². The summed E-state index contributed by atoms with van der Waals surface area (Å²) >= 11 is 5.86. The van der Waals surface area contributed by atoms with Crippen LogP contribution in [0.4, 0.5) is 5.82 Å². The third kappa shape index (κ3) is 3.54. The van der Waals surface area contributed by atoms with Crippen molar-refractivity contribution in [1.29, 1.82) is 0 Å². The zero-order valence-corrected chi connectivity index (χ0v) is 11.7. The number of ether oxygens (including phenoxy) is 1. The fraction of sp³-hybridized carbons (Fsp3) is 0.667. The van der Waals surface area contributed by atoms with Crippen LogP contribution in [-0.4, -0.2) is 36.3 Å². The van der Waals surface area contributed by atoms with E-state index in [9.17, 15) is 0 Å². The minimum Gasteiger partial charge on any atom is -0.378 e. The van der Waals surface area contributed by atoms with Gasteiger partial charge in [0.25, 0.3) is 0 Å². The van der Waals surface area contributed by atoms with Gasteiger partial charge in [0.15, 0.2) is 0 Å². The molecule has 0 aromatic carbocycles. The van der Waals surface area contributed by atoms with E-state index in [-0.39, 0.29) is 0 Å². The molecule has 1 aromatic heterocycles. The molecular weight excluding hydrogens is 238 g/mol. The zero-order valence-electron chi connectivity index (χ0n) is 11.0. The van der Waals surface area contributed by atoms with Crippen molar-refractivity contribution in [2.75, 3.05) is 31.2 Å². The molecule has 0 aliphatic carbocycles. The van der Waals surface area contributed by atoms with Crippen LogP contribution in [0.5, 0.6) is 0 Å². The zero-order chi connectivity index (χ0) is 12.8. The Morgan fingerprint density at radius 1 is 1.12 bits per heavy atom. The minimum absolute atomic E-state index is 0.319. The summed E-state index contributed by atoms with van der Waals surface area (Å²) in [6.45, 7) is 11.2. The Morgan fingerprint density at radius 2 is 1.71 bits per heavy atom. The molecule has 0 atom stereocenters. The van der Waals surface area contributed by atoms with Gasteiger partial charge < -0.3 is 9.64 Å². The van der Waals surface area contributed by atoms with E-state index in [1.54, 1.807) is 0 Å². The molecule has 0 N–H and O–H groups in total. The average Bonchev–Trinajstić information content (AvgIpc) is 2.37. The number of anilines is 1. The molecule has 0 bridgehead atoms. The first-order valence-corrected chi connectivity index (χ1v) is 6.39. The van der Waals surface area contributed by atoms with Crippen molar-refractivity contribution in [3.63, 3.8) is 0 Å². The summed E-state index contributed by atoms with van der Waals surface area (Å²) in [6, 6.07) is 0. The van der Waals surface area contributed by atoms with E-state index in [0.29, 0.717) is 5.28 Å². The maximum atomic E-state index is 5.86. The van der Waals surface area contributed by atoms with Gasteiger partial charge in [-0.2, -0.15) is 0 Å². The van der Waals surface area contributed by atoms with Crippen molar-refractivity contribution in [2.24, 2.45) is 0 Å². The van der Waals surface area contributed by atoms with Gasteiger partial charge in [-0.3, -0.25) is 0 Å². The molecule has 2 rings (SSSR count). The molecule has 96 valence electrons. The lowest BCUT2D eigenvalue weighted by atomic mass is 10.2. The van der Waals surface area contributed by atoms with Crippen LogP contribution in [0, 0.1) is 13.8 Å². The van der Waals surface area contributed by atoms with Crippen LogP contribution in [0.25, 0.3) is 0 Å². The molecule has 1 aliphatic heterocycles. The first-order valence-electron chi connectivity index (χ1n) is 6.02. The number of aryl methyl sites for hydroxylation is 1. The fourth-order valence-electron chi connectivity index (χ4n) is 1.66. The van der Waals surface area contributed by atoms with Crippen molar-refractivity contribution in [3.8, 4) is 0 Å². The number of hydrogen-bond acceptors (Lipinski definition) is 4. The smallest absolute Gasteiger partial charge is 0.224 e. The van der Waals surface area contributed by atoms with Gasteiger partial charge in [0.2, 0.25) is 5.28 Å².